The third kappa shape index (κ3) is 3.65. The number of carbonyl (C=O) groups excluding carboxylic acids is 3. The van der Waals surface area contributed by atoms with Crippen LogP contribution in [0.3, 0.4) is 0 Å². The summed E-state index contributed by atoms with van der Waals surface area (Å²) in [5.74, 6) is -1.47. The zero-order valence-electron chi connectivity index (χ0n) is 12.7. The van der Waals surface area contributed by atoms with E-state index >= 15 is 0 Å². The summed E-state index contributed by atoms with van der Waals surface area (Å²) in [4.78, 5) is 36.0. The van der Waals surface area contributed by atoms with Crippen LogP contribution < -0.4 is 0 Å². The van der Waals surface area contributed by atoms with E-state index in [0.717, 1.165) is 6.42 Å². The molecule has 1 aliphatic heterocycles. The molecule has 1 heterocycles. The lowest BCUT2D eigenvalue weighted by molar-refractivity contribution is -0.180. The van der Waals surface area contributed by atoms with Gasteiger partial charge in [0.05, 0.1) is 13.2 Å². The summed E-state index contributed by atoms with van der Waals surface area (Å²) in [6.07, 6.45) is -0.375. The minimum atomic E-state index is -1.66. The molecule has 1 rings (SSSR count). The maximum absolute atomic E-state index is 12.4. The van der Waals surface area contributed by atoms with Crippen LogP contribution in [0, 0.1) is 5.41 Å². The van der Waals surface area contributed by atoms with E-state index in [1.54, 1.807) is 13.8 Å². The fraction of sp³-hybridized carbons (Fsp3) is 0.786. The van der Waals surface area contributed by atoms with Gasteiger partial charge < -0.3 is 18.9 Å². The van der Waals surface area contributed by atoms with Crippen molar-refractivity contribution in [2.45, 2.75) is 46.1 Å². The standard InChI is InChI=1S/C14H22O7/c1-4-7-8-14(11(15)18-5-2,12(16)19-6-3)10-9-20-13(17)21-10/h10H,4-9H2,1-3H3. The highest BCUT2D eigenvalue weighted by atomic mass is 16.8. The van der Waals surface area contributed by atoms with Gasteiger partial charge in [-0.3, -0.25) is 9.59 Å². The lowest BCUT2D eigenvalue weighted by Gasteiger charge is -2.31. The second kappa shape index (κ2) is 7.85. The third-order valence-electron chi connectivity index (χ3n) is 3.34. The highest BCUT2D eigenvalue weighted by Gasteiger charge is 2.58. The van der Waals surface area contributed by atoms with Crippen LogP contribution in [0.4, 0.5) is 4.79 Å². The molecule has 0 saturated carbocycles. The summed E-state index contributed by atoms with van der Waals surface area (Å²) in [6, 6.07) is 0. The molecular formula is C14H22O7. The van der Waals surface area contributed by atoms with Crippen LogP contribution in [0.25, 0.3) is 0 Å². The average Bonchev–Trinajstić information content (AvgIpc) is 2.87. The van der Waals surface area contributed by atoms with E-state index in [-0.39, 0.29) is 26.2 Å². The predicted octanol–water partition coefficient (Wildman–Crippen LogP) is 1.82. The van der Waals surface area contributed by atoms with Crippen LogP contribution in [0.1, 0.15) is 40.0 Å². The monoisotopic (exact) mass is 302 g/mol. The Morgan fingerprint density at radius 2 is 1.76 bits per heavy atom. The number of carbonyl (C=O) groups is 3. The van der Waals surface area contributed by atoms with Crippen LogP contribution in [0.5, 0.6) is 0 Å². The fourth-order valence-corrected chi connectivity index (χ4v) is 2.26. The van der Waals surface area contributed by atoms with Crippen molar-refractivity contribution in [2.24, 2.45) is 5.41 Å². The molecule has 1 atom stereocenters. The topological polar surface area (TPSA) is 88.1 Å². The molecule has 0 aromatic heterocycles. The van der Waals surface area contributed by atoms with E-state index < -0.39 is 29.6 Å². The zero-order valence-corrected chi connectivity index (χ0v) is 12.7. The average molecular weight is 302 g/mol. The Bertz CT molecular complexity index is 373. The van der Waals surface area contributed by atoms with Gasteiger partial charge in [0.2, 0.25) is 5.41 Å². The van der Waals surface area contributed by atoms with Gasteiger partial charge in [0.25, 0.3) is 0 Å². The smallest absolute Gasteiger partial charge is 0.465 e. The van der Waals surface area contributed by atoms with E-state index in [1.165, 1.54) is 0 Å². The maximum atomic E-state index is 12.4. The van der Waals surface area contributed by atoms with Gasteiger partial charge in [0, 0.05) is 0 Å². The van der Waals surface area contributed by atoms with Crippen molar-refractivity contribution in [2.75, 3.05) is 19.8 Å². The Labute approximate surface area is 123 Å². The molecule has 120 valence electrons. The van der Waals surface area contributed by atoms with E-state index in [9.17, 15) is 14.4 Å². The lowest BCUT2D eigenvalue weighted by atomic mass is 9.77. The summed E-state index contributed by atoms with van der Waals surface area (Å²) in [5.41, 5.74) is -1.66. The summed E-state index contributed by atoms with van der Waals surface area (Å²) in [5, 5.41) is 0. The van der Waals surface area contributed by atoms with Crippen molar-refractivity contribution in [3.63, 3.8) is 0 Å². The van der Waals surface area contributed by atoms with E-state index in [2.05, 4.69) is 0 Å². The van der Waals surface area contributed by atoms with E-state index in [4.69, 9.17) is 18.9 Å². The van der Waals surface area contributed by atoms with Gasteiger partial charge in [0.1, 0.15) is 6.61 Å². The first-order valence-electron chi connectivity index (χ1n) is 7.20. The van der Waals surface area contributed by atoms with Crippen LogP contribution >= 0.6 is 0 Å². The third-order valence-corrected chi connectivity index (χ3v) is 3.34. The fourth-order valence-electron chi connectivity index (χ4n) is 2.26. The molecule has 1 unspecified atom stereocenters. The van der Waals surface area contributed by atoms with Crippen molar-refractivity contribution in [1.29, 1.82) is 0 Å². The maximum Gasteiger partial charge on any atom is 0.508 e. The van der Waals surface area contributed by atoms with Gasteiger partial charge in [-0.2, -0.15) is 0 Å². The van der Waals surface area contributed by atoms with Gasteiger partial charge in [-0.15, -0.1) is 0 Å². The molecule has 1 fully saturated rings. The highest BCUT2D eigenvalue weighted by molar-refractivity contribution is 6.01. The molecule has 0 radical (unpaired) electrons. The molecule has 0 N–H and O–H groups in total. The molecule has 1 aliphatic rings. The zero-order chi connectivity index (χ0) is 15.9. The molecule has 7 nitrogen and oxygen atoms in total. The highest BCUT2D eigenvalue weighted by Crippen LogP contribution is 2.37. The van der Waals surface area contributed by atoms with Gasteiger partial charge >= 0.3 is 18.1 Å². The lowest BCUT2D eigenvalue weighted by Crippen LogP contribution is -2.52. The second-order valence-corrected chi connectivity index (χ2v) is 4.68. The first-order valence-corrected chi connectivity index (χ1v) is 7.20. The SMILES string of the molecule is CCCCC(C(=O)OCC)(C(=O)OCC)C1COC(=O)O1. The van der Waals surface area contributed by atoms with Crippen molar-refractivity contribution in [3.05, 3.63) is 0 Å². The number of rotatable bonds is 8. The number of ether oxygens (including phenoxy) is 4. The molecule has 0 aromatic carbocycles. The Morgan fingerprint density at radius 1 is 1.19 bits per heavy atom. The Hall–Kier alpha value is -1.79. The van der Waals surface area contributed by atoms with Crippen molar-refractivity contribution in [1.82, 2.24) is 0 Å². The molecular weight excluding hydrogens is 280 g/mol. The number of hydrogen-bond acceptors (Lipinski definition) is 7. The quantitative estimate of drug-likeness (QED) is 0.384. The Balaban J connectivity index is 3.15. The minimum absolute atomic E-state index is 0.119. The molecule has 0 amide bonds. The van der Waals surface area contributed by atoms with E-state index in [1.807, 2.05) is 6.92 Å². The second-order valence-electron chi connectivity index (χ2n) is 4.68. The summed E-state index contributed by atoms with van der Waals surface area (Å²) in [7, 11) is 0. The Morgan fingerprint density at radius 3 is 2.14 bits per heavy atom. The number of esters is 2. The summed E-state index contributed by atoms with van der Waals surface area (Å²) >= 11 is 0. The van der Waals surface area contributed by atoms with Crippen molar-refractivity contribution in [3.8, 4) is 0 Å². The first-order chi connectivity index (χ1) is 10.0. The molecule has 0 aromatic rings. The Kier molecular flexibility index (Phi) is 6.45. The number of cyclic esters (lactones) is 2. The normalized spacial score (nSPS) is 17.9. The summed E-state index contributed by atoms with van der Waals surface area (Å²) < 4.78 is 19.8. The molecule has 0 spiro atoms. The predicted molar refractivity (Wildman–Crippen MR) is 71.4 cm³/mol. The molecule has 21 heavy (non-hydrogen) atoms. The molecule has 7 heteroatoms. The van der Waals surface area contributed by atoms with Gasteiger partial charge in [0.15, 0.2) is 6.10 Å². The molecule has 1 saturated heterocycles. The van der Waals surface area contributed by atoms with Crippen LogP contribution in [-0.4, -0.2) is 44.0 Å². The minimum Gasteiger partial charge on any atom is -0.465 e. The van der Waals surface area contributed by atoms with Crippen LogP contribution in [0.2, 0.25) is 0 Å². The van der Waals surface area contributed by atoms with Crippen molar-refractivity contribution < 1.29 is 33.3 Å². The van der Waals surface area contributed by atoms with Crippen LogP contribution in [0.15, 0.2) is 0 Å². The largest absolute Gasteiger partial charge is 0.508 e. The molecule has 0 aliphatic carbocycles. The van der Waals surface area contributed by atoms with Gasteiger partial charge in [-0.05, 0) is 20.3 Å². The van der Waals surface area contributed by atoms with Crippen LogP contribution in [-0.2, 0) is 28.5 Å². The van der Waals surface area contributed by atoms with E-state index in [0.29, 0.717) is 6.42 Å². The first kappa shape index (κ1) is 17.3. The van der Waals surface area contributed by atoms with Gasteiger partial charge in [-0.25, -0.2) is 4.79 Å². The number of hydrogen-bond donors (Lipinski definition) is 0. The molecule has 0 bridgehead atoms. The summed E-state index contributed by atoms with van der Waals surface area (Å²) in [6.45, 7) is 5.29. The number of unbranched alkanes of at least 4 members (excludes halogenated alkanes) is 1. The van der Waals surface area contributed by atoms with Gasteiger partial charge in [-0.1, -0.05) is 19.8 Å². The van der Waals surface area contributed by atoms with Crippen molar-refractivity contribution >= 4 is 18.1 Å².